The predicted molar refractivity (Wildman–Crippen MR) is 58.2 cm³/mol. The first-order chi connectivity index (χ1) is 6.92. The first kappa shape index (κ1) is 9.28. The zero-order valence-electron chi connectivity index (χ0n) is 8.29. The first-order valence-electron chi connectivity index (χ1n) is 4.80. The second kappa shape index (κ2) is 4.29. The minimum absolute atomic E-state index is 0.777. The first-order valence-corrected chi connectivity index (χ1v) is 4.80. The standard InChI is InChI=1S/C12H14NO/c1-14-8-4-5-10-9-13-12-7-3-2-6-11(10)12/h2-3,5-7,9,13H,4,8H2,1H3. The van der Waals surface area contributed by atoms with E-state index in [9.17, 15) is 0 Å². The summed E-state index contributed by atoms with van der Waals surface area (Å²) in [6.45, 7) is 0.777. The van der Waals surface area contributed by atoms with Crippen molar-refractivity contribution in [2.45, 2.75) is 6.42 Å². The quantitative estimate of drug-likeness (QED) is 0.733. The van der Waals surface area contributed by atoms with E-state index in [-0.39, 0.29) is 0 Å². The lowest BCUT2D eigenvalue weighted by molar-refractivity contribution is 0.202. The summed E-state index contributed by atoms with van der Waals surface area (Å²) >= 11 is 0. The topological polar surface area (TPSA) is 25.0 Å². The third-order valence-corrected chi connectivity index (χ3v) is 2.31. The monoisotopic (exact) mass is 188 g/mol. The molecule has 0 aliphatic heterocycles. The summed E-state index contributed by atoms with van der Waals surface area (Å²) in [7, 11) is 1.73. The number of hydrogen-bond donors (Lipinski definition) is 1. The van der Waals surface area contributed by atoms with Gasteiger partial charge in [0.05, 0.1) is 0 Å². The van der Waals surface area contributed by atoms with E-state index in [1.165, 1.54) is 16.5 Å². The van der Waals surface area contributed by atoms with Gasteiger partial charge in [0.1, 0.15) is 0 Å². The van der Waals surface area contributed by atoms with E-state index in [4.69, 9.17) is 4.74 Å². The van der Waals surface area contributed by atoms with Crippen LogP contribution in [0.3, 0.4) is 0 Å². The van der Waals surface area contributed by atoms with Gasteiger partial charge in [-0.2, -0.15) is 0 Å². The number of methoxy groups -OCH3 is 1. The van der Waals surface area contributed by atoms with E-state index in [0.717, 1.165) is 13.0 Å². The van der Waals surface area contributed by atoms with Crippen molar-refractivity contribution in [3.8, 4) is 0 Å². The molecule has 0 fully saturated rings. The molecule has 14 heavy (non-hydrogen) atoms. The number of H-pyrrole nitrogens is 1. The Balaban J connectivity index is 2.17. The summed E-state index contributed by atoms with van der Waals surface area (Å²) in [5, 5.41) is 1.28. The van der Waals surface area contributed by atoms with Crippen LogP contribution in [0.1, 0.15) is 12.0 Å². The highest BCUT2D eigenvalue weighted by molar-refractivity contribution is 5.84. The van der Waals surface area contributed by atoms with Gasteiger partial charge in [-0.3, -0.25) is 0 Å². The fourth-order valence-corrected chi connectivity index (χ4v) is 1.60. The van der Waals surface area contributed by atoms with Crippen LogP contribution >= 0.6 is 0 Å². The van der Waals surface area contributed by atoms with Crippen molar-refractivity contribution in [3.05, 3.63) is 42.4 Å². The Hall–Kier alpha value is -1.28. The van der Waals surface area contributed by atoms with Crippen molar-refractivity contribution in [1.82, 2.24) is 4.98 Å². The van der Waals surface area contributed by atoms with Crippen molar-refractivity contribution >= 4 is 10.9 Å². The van der Waals surface area contributed by atoms with Gasteiger partial charge in [0.15, 0.2) is 0 Å². The zero-order chi connectivity index (χ0) is 9.80. The Labute approximate surface area is 83.9 Å². The van der Waals surface area contributed by atoms with Crippen molar-refractivity contribution < 1.29 is 4.74 Å². The van der Waals surface area contributed by atoms with E-state index in [0.29, 0.717) is 0 Å². The molecule has 73 valence electrons. The van der Waals surface area contributed by atoms with Gasteiger partial charge in [0, 0.05) is 30.8 Å². The largest absolute Gasteiger partial charge is 0.385 e. The highest BCUT2D eigenvalue weighted by Crippen LogP contribution is 2.19. The van der Waals surface area contributed by atoms with Crippen LogP contribution in [0.2, 0.25) is 0 Å². The molecule has 0 atom stereocenters. The number of aromatic nitrogens is 1. The molecule has 1 aromatic carbocycles. The number of benzene rings is 1. The van der Waals surface area contributed by atoms with Gasteiger partial charge in [0.2, 0.25) is 0 Å². The highest BCUT2D eigenvalue weighted by atomic mass is 16.5. The second-order valence-electron chi connectivity index (χ2n) is 3.28. The Kier molecular flexibility index (Phi) is 2.84. The third kappa shape index (κ3) is 1.80. The SMILES string of the molecule is COCC[CH]c1c[nH]c2ccccc12. The lowest BCUT2D eigenvalue weighted by Crippen LogP contribution is -1.89. The summed E-state index contributed by atoms with van der Waals surface area (Å²) in [6.07, 6.45) is 5.20. The van der Waals surface area contributed by atoms with Crippen molar-refractivity contribution in [2.24, 2.45) is 0 Å². The number of ether oxygens (including phenoxy) is 1. The molecule has 0 saturated carbocycles. The molecule has 0 aliphatic carbocycles. The molecule has 1 heterocycles. The minimum atomic E-state index is 0.777. The van der Waals surface area contributed by atoms with Crippen molar-refractivity contribution in [1.29, 1.82) is 0 Å². The number of fused-ring (bicyclic) bond motifs is 1. The minimum Gasteiger partial charge on any atom is -0.385 e. The summed E-state index contributed by atoms with van der Waals surface area (Å²) in [6, 6.07) is 8.31. The van der Waals surface area contributed by atoms with Gasteiger partial charge in [0.25, 0.3) is 0 Å². The van der Waals surface area contributed by atoms with Crippen LogP contribution in [0.5, 0.6) is 0 Å². The Morgan fingerprint density at radius 2 is 2.21 bits per heavy atom. The number of para-hydroxylation sites is 1. The molecule has 1 radical (unpaired) electrons. The summed E-state index contributed by atoms with van der Waals surface area (Å²) in [5.41, 5.74) is 2.45. The second-order valence-corrected chi connectivity index (χ2v) is 3.28. The molecular weight excluding hydrogens is 174 g/mol. The summed E-state index contributed by atoms with van der Waals surface area (Å²) in [5.74, 6) is 0. The van der Waals surface area contributed by atoms with Crippen LogP contribution < -0.4 is 0 Å². The number of aromatic amines is 1. The van der Waals surface area contributed by atoms with Crippen LogP contribution in [-0.2, 0) is 4.74 Å². The molecule has 0 amide bonds. The molecule has 2 aromatic rings. The van der Waals surface area contributed by atoms with E-state index in [1.54, 1.807) is 7.11 Å². The molecule has 0 unspecified atom stereocenters. The number of rotatable bonds is 4. The molecule has 2 rings (SSSR count). The van der Waals surface area contributed by atoms with Gasteiger partial charge in [-0.05, 0) is 24.5 Å². The van der Waals surface area contributed by atoms with Crippen molar-refractivity contribution in [2.75, 3.05) is 13.7 Å². The maximum atomic E-state index is 5.01. The lowest BCUT2D eigenvalue weighted by atomic mass is 10.1. The van der Waals surface area contributed by atoms with E-state index in [1.807, 2.05) is 12.3 Å². The summed E-state index contributed by atoms with van der Waals surface area (Å²) in [4.78, 5) is 3.24. The van der Waals surface area contributed by atoms with Crippen LogP contribution in [-0.4, -0.2) is 18.7 Å². The van der Waals surface area contributed by atoms with Crippen LogP contribution in [0, 0.1) is 6.42 Å². The van der Waals surface area contributed by atoms with E-state index in [2.05, 4.69) is 29.6 Å². The maximum Gasteiger partial charge on any atom is 0.0468 e. The average molecular weight is 188 g/mol. The predicted octanol–water partition coefficient (Wildman–Crippen LogP) is 2.76. The molecule has 0 saturated heterocycles. The van der Waals surface area contributed by atoms with E-state index < -0.39 is 0 Å². The van der Waals surface area contributed by atoms with Gasteiger partial charge in [-0.1, -0.05) is 18.2 Å². The van der Waals surface area contributed by atoms with Crippen LogP contribution in [0.25, 0.3) is 10.9 Å². The molecule has 2 heteroatoms. The lowest BCUT2D eigenvalue weighted by Gasteiger charge is -1.97. The highest BCUT2D eigenvalue weighted by Gasteiger charge is 2.01. The zero-order valence-corrected chi connectivity index (χ0v) is 8.29. The third-order valence-electron chi connectivity index (χ3n) is 2.31. The van der Waals surface area contributed by atoms with Crippen molar-refractivity contribution in [3.63, 3.8) is 0 Å². The fourth-order valence-electron chi connectivity index (χ4n) is 1.60. The number of hydrogen-bond acceptors (Lipinski definition) is 1. The maximum absolute atomic E-state index is 5.01. The van der Waals surface area contributed by atoms with Gasteiger partial charge < -0.3 is 9.72 Å². The van der Waals surface area contributed by atoms with Crippen LogP contribution in [0.4, 0.5) is 0 Å². The molecule has 1 N–H and O–H groups in total. The van der Waals surface area contributed by atoms with Gasteiger partial charge >= 0.3 is 0 Å². The fraction of sp³-hybridized carbons (Fsp3) is 0.250. The Morgan fingerprint density at radius 1 is 1.36 bits per heavy atom. The molecule has 0 aliphatic rings. The van der Waals surface area contributed by atoms with E-state index >= 15 is 0 Å². The molecule has 0 spiro atoms. The molecule has 0 bridgehead atoms. The molecule has 2 nitrogen and oxygen atoms in total. The molecule has 1 aromatic heterocycles. The Bertz CT molecular complexity index is 405. The molecular formula is C12H14NO. The summed E-state index contributed by atoms with van der Waals surface area (Å²) < 4.78 is 5.01. The number of nitrogens with one attached hydrogen (secondary N) is 1. The van der Waals surface area contributed by atoms with Crippen LogP contribution in [0.15, 0.2) is 30.5 Å². The Morgan fingerprint density at radius 3 is 3.07 bits per heavy atom. The average Bonchev–Trinajstić information content (AvgIpc) is 2.63. The normalized spacial score (nSPS) is 10.9. The smallest absolute Gasteiger partial charge is 0.0468 e. The van der Waals surface area contributed by atoms with Gasteiger partial charge in [-0.25, -0.2) is 0 Å². The van der Waals surface area contributed by atoms with Gasteiger partial charge in [-0.15, -0.1) is 0 Å².